The molecule has 0 heterocycles. The van der Waals surface area contributed by atoms with Crippen molar-refractivity contribution in [3.63, 3.8) is 0 Å². The highest BCUT2D eigenvalue weighted by Gasteiger charge is 2.10. The van der Waals surface area contributed by atoms with Gasteiger partial charge in [-0.25, -0.2) is 8.42 Å². The first-order chi connectivity index (χ1) is 6.36. The number of aryl methyl sites for hydroxylation is 1. The van der Waals surface area contributed by atoms with Crippen LogP contribution in [0.5, 0.6) is 0 Å². The Bertz CT molecular complexity index is 449. The number of hydrogen-bond acceptors (Lipinski definition) is 3. The smallest absolute Gasteiger partial charge is 0.175 e. The molecule has 0 radical (unpaired) electrons. The lowest BCUT2D eigenvalue weighted by Gasteiger charge is -2.09. The predicted octanol–water partition coefficient (Wildman–Crippen LogP) is 1.17. The van der Waals surface area contributed by atoms with Crippen molar-refractivity contribution >= 4 is 9.84 Å². The number of benzene rings is 1. The fourth-order valence-electron chi connectivity index (χ4n) is 1.32. The molecule has 14 heavy (non-hydrogen) atoms. The Kier molecular flexibility index (Phi) is 2.97. The molecule has 0 spiro atoms. The highest BCUT2D eigenvalue weighted by atomic mass is 32.2. The molecule has 0 aliphatic heterocycles. The zero-order chi connectivity index (χ0) is 10.9. The number of hydrogen-bond donors (Lipinski definition) is 1. The Hall–Kier alpha value is -0.870. The largest absolute Gasteiger partial charge is 0.326 e. The molecular weight excluding hydrogens is 198 g/mol. The Morgan fingerprint density at radius 1 is 1.29 bits per heavy atom. The van der Waals surface area contributed by atoms with E-state index in [4.69, 9.17) is 5.73 Å². The molecule has 0 fully saturated rings. The van der Waals surface area contributed by atoms with Crippen molar-refractivity contribution in [2.75, 3.05) is 6.26 Å². The van der Waals surface area contributed by atoms with Gasteiger partial charge in [-0.1, -0.05) is 0 Å². The highest BCUT2D eigenvalue weighted by Crippen LogP contribution is 2.19. The van der Waals surface area contributed by atoms with Gasteiger partial charge in [-0.05, 0) is 42.7 Å². The van der Waals surface area contributed by atoms with Gasteiger partial charge in [-0.15, -0.1) is 0 Å². The van der Waals surface area contributed by atoms with Gasteiger partial charge in [-0.3, -0.25) is 0 Å². The zero-order valence-corrected chi connectivity index (χ0v) is 9.48. The molecule has 0 unspecified atom stereocenters. The summed E-state index contributed by atoms with van der Waals surface area (Å²) in [6.07, 6.45) is 1.21. The summed E-state index contributed by atoms with van der Waals surface area (Å²) >= 11 is 0. The minimum absolute atomic E-state index is 0.348. The van der Waals surface area contributed by atoms with Crippen molar-refractivity contribution in [3.05, 3.63) is 28.8 Å². The Morgan fingerprint density at radius 3 is 2.29 bits per heavy atom. The second kappa shape index (κ2) is 3.71. The molecule has 0 bridgehead atoms. The van der Waals surface area contributed by atoms with Crippen LogP contribution in [0.1, 0.15) is 16.7 Å². The van der Waals surface area contributed by atoms with Gasteiger partial charge in [0, 0.05) is 12.8 Å². The second-order valence-electron chi connectivity index (χ2n) is 3.50. The Morgan fingerprint density at radius 2 is 1.86 bits per heavy atom. The topological polar surface area (TPSA) is 60.2 Å². The quantitative estimate of drug-likeness (QED) is 0.802. The van der Waals surface area contributed by atoms with Gasteiger partial charge in [0.25, 0.3) is 0 Å². The van der Waals surface area contributed by atoms with E-state index in [9.17, 15) is 8.42 Å². The summed E-state index contributed by atoms with van der Waals surface area (Å²) in [6, 6.07) is 3.33. The first kappa shape index (κ1) is 11.2. The van der Waals surface area contributed by atoms with Gasteiger partial charge in [-0.2, -0.15) is 0 Å². The molecule has 0 aromatic heterocycles. The third kappa shape index (κ3) is 2.13. The van der Waals surface area contributed by atoms with Crippen molar-refractivity contribution in [3.8, 4) is 0 Å². The van der Waals surface area contributed by atoms with Gasteiger partial charge in [0.05, 0.1) is 4.90 Å². The molecule has 0 saturated heterocycles. The van der Waals surface area contributed by atoms with Gasteiger partial charge < -0.3 is 5.73 Å². The summed E-state index contributed by atoms with van der Waals surface area (Å²) in [5.41, 5.74) is 8.47. The molecule has 78 valence electrons. The van der Waals surface area contributed by atoms with Gasteiger partial charge in [0.2, 0.25) is 0 Å². The van der Waals surface area contributed by atoms with Crippen molar-refractivity contribution in [1.29, 1.82) is 0 Å². The van der Waals surface area contributed by atoms with E-state index < -0.39 is 9.84 Å². The van der Waals surface area contributed by atoms with Crippen molar-refractivity contribution < 1.29 is 8.42 Å². The first-order valence-electron chi connectivity index (χ1n) is 4.36. The van der Waals surface area contributed by atoms with E-state index in [1.807, 2.05) is 13.8 Å². The standard InChI is InChI=1S/C10H15NO2S/c1-7-4-10(14(3,12)13)5-9(6-11)8(7)2/h4-5H,6,11H2,1-3H3. The third-order valence-corrected chi connectivity index (χ3v) is 3.49. The van der Waals surface area contributed by atoms with Crippen LogP contribution < -0.4 is 5.73 Å². The van der Waals surface area contributed by atoms with Crippen LogP contribution in [0.4, 0.5) is 0 Å². The van der Waals surface area contributed by atoms with E-state index in [-0.39, 0.29) is 0 Å². The van der Waals surface area contributed by atoms with Crippen LogP contribution in [0, 0.1) is 13.8 Å². The van der Waals surface area contributed by atoms with Crippen LogP contribution in [0.25, 0.3) is 0 Å². The van der Waals surface area contributed by atoms with E-state index in [1.165, 1.54) is 6.26 Å². The average molecular weight is 213 g/mol. The molecule has 0 atom stereocenters. The highest BCUT2D eigenvalue weighted by molar-refractivity contribution is 7.90. The molecule has 0 aliphatic carbocycles. The maximum atomic E-state index is 11.3. The lowest BCUT2D eigenvalue weighted by Crippen LogP contribution is -2.05. The maximum absolute atomic E-state index is 11.3. The summed E-state index contributed by atoms with van der Waals surface area (Å²) in [5.74, 6) is 0. The summed E-state index contributed by atoms with van der Waals surface area (Å²) in [6.45, 7) is 4.21. The predicted molar refractivity (Wildman–Crippen MR) is 56.9 cm³/mol. The van der Waals surface area contributed by atoms with Crippen LogP contribution in [-0.2, 0) is 16.4 Å². The Balaban J connectivity index is 3.46. The van der Waals surface area contributed by atoms with Crippen LogP contribution in [0.2, 0.25) is 0 Å². The van der Waals surface area contributed by atoms with Crippen molar-refractivity contribution in [1.82, 2.24) is 0 Å². The average Bonchev–Trinajstić information content (AvgIpc) is 2.07. The molecule has 4 heteroatoms. The van der Waals surface area contributed by atoms with Crippen molar-refractivity contribution in [2.45, 2.75) is 25.3 Å². The molecule has 0 aliphatic rings. The summed E-state index contributed by atoms with van der Waals surface area (Å²) in [5, 5.41) is 0. The lowest BCUT2D eigenvalue weighted by atomic mass is 10.0. The minimum Gasteiger partial charge on any atom is -0.326 e. The second-order valence-corrected chi connectivity index (χ2v) is 5.52. The van der Waals surface area contributed by atoms with Gasteiger partial charge in [0.15, 0.2) is 9.84 Å². The normalized spacial score (nSPS) is 11.7. The van der Waals surface area contributed by atoms with E-state index in [1.54, 1.807) is 12.1 Å². The van der Waals surface area contributed by atoms with Crippen LogP contribution >= 0.6 is 0 Å². The molecule has 2 N–H and O–H groups in total. The van der Waals surface area contributed by atoms with E-state index >= 15 is 0 Å². The van der Waals surface area contributed by atoms with Gasteiger partial charge in [0.1, 0.15) is 0 Å². The molecule has 3 nitrogen and oxygen atoms in total. The van der Waals surface area contributed by atoms with E-state index in [0.29, 0.717) is 11.4 Å². The molecule has 0 amide bonds. The maximum Gasteiger partial charge on any atom is 0.175 e. The monoisotopic (exact) mass is 213 g/mol. The number of rotatable bonds is 2. The molecule has 1 aromatic carbocycles. The number of sulfone groups is 1. The third-order valence-electron chi connectivity index (χ3n) is 2.40. The minimum atomic E-state index is -3.13. The molecule has 0 saturated carbocycles. The fourth-order valence-corrected chi connectivity index (χ4v) is 2.07. The molecular formula is C10H15NO2S. The Labute approximate surface area is 84.9 Å². The first-order valence-corrected chi connectivity index (χ1v) is 6.25. The summed E-state index contributed by atoms with van der Waals surface area (Å²) in [4.78, 5) is 0.348. The molecule has 1 rings (SSSR count). The lowest BCUT2D eigenvalue weighted by molar-refractivity contribution is 0.601. The van der Waals surface area contributed by atoms with Crippen LogP contribution in [0.15, 0.2) is 17.0 Å². The van der Waals surface area contributed by atoms with Crippen molar-refractivity contribution in [2.24, 2.45) is 5.73 Å². The molecule has 1 aromatic rings. The number of nitrogens with two attached hydrogens (primary N) is 1. The van der Waals surface area contributed by atoms with Gasteiger partial charge >= 0.3 is 0 Å². The SMILES string of the molecule is Cc1cc(S(C)(=O)=O)cc(CN)c1C. The van der Waals surface area contributed by atoms with Crippen LogP contribution in [-0.4, -0.2) is 14.7 Å². The van der Waals surface area contributed by atoms with Crippen LogP contribution in [0.3, 0.4) is 0 Å². The zero-order valence-electron chi connectivity index (χ0n) is 8.66. The summed E-state index contributed by atoms with van der Waals surface area (Å²) in [7, 11) is -3.13. The fraction of sp³-hybridized carbons (Fsp3) is 0.400. The van der Waals surface area contributed by atoms with E-state index in [0.717, 1.165) is 16.7 Å². The summed E-state index contributed by atoms with van der Waals surface area (Å²) < 4.78 is 22.6. The van der Waals surface area contributed by atoms with E-state index in [2.05, 4.69) is 0 Å².